The Labute approximate surface area is 170 Å². The van der Waals surface area contributed by atoms with Gasteiger partial charge < -0.3 is 21.0 Å². The summed E-state index contributed by atoms with van der Waals surface area (Å²) in [5, 5.41) is 51.2. The summed E-state index contributed by atoms with van der Waals surface area (Å²) in [4.78, 5) is 24.4. The van der Waals surface area contributed by atoms with Crippen LogP contribution < -0.4 is 20.1 Å². The van der Waals surface area contributed by atoms with Crippen LogP contribution in [-0.2, 0) is 23.3 Å². The van der Waals surface area contributed by atoms with Gasteiger partial charge in [0.15, 0.2) is 0 Å². The third kappa shape index (κ3) is 4.38. The fraction of sp³-hybridized carbons (Fsp3) is 0.100. The van der Waals surface area contributed by atoms with Gasteiger partial charge in [-0.2, -0.15) is 0 Å². The van der Waals surface area contributed by atoms with E-state index in [0.717, 1.165) is 12.1 Å². The Morgan fingerprint density at radius 2 is 1.07 bits per heavy atom. The Bertz CT molecular complexity index is 1020. The minimum absolute atomic E-state index is 0.00374. The van der Waals surface area contributed by atoms with E-state index in [1.54, 1.807) is 24.3 Å². The maximum absolute atomic E-state index is 12.2. The molecule has 0 spiro atoms. The summed E-state index contributed by atoms with van der Waals surface area (Å²) in [6, 6.07) is 14.1. The van der Waals surface area contributed by atoms with Crippen molar-refractivity contribution in [1.29, 1.82) is 0 Å². The lowest BCUT2D eigenvalue weighted by Crippen LogP contribution is -2.39. The van der Waals surface area contributed by atoms with Gasteiger partial charge in [0.1, 0.15) is 0 Å². The van der Waals surface area contributed by atoms with Crippen LogP contribution in [0.2, 0.25) is 0 Å². The van der Waals surface area contributed by atoms with Crippen LogP contribution in [0.1, 0.15) is 32.1 Å². The number of rotatable bonds is 6. The van der Waals surface area contributed by atoms with Crippen molar-refractivity contribution in [3.05, 3.63) is 93.6 Å². The van der Waals surface area contributed by atoms with E-state index in [-0.39, 0.29) is 33.9 Å². The van der Waals surface area contributed by atoms with Crippen LogP contribution in [-0.4, -0.2) is 11.8 Å². The molecule has 10 nitrogen and oxygen atoms in total. The van der Waals surface area contributed by atoms with Crippen molar-refractivity contribution in [3.63, 3.8) is 0 Å². The zero-order valence-electron chi connectivity index (χ0n) is 15.5. The monoisotopic (exact) mass is 408 g/mol. The first-order valence-electron chi connectivity index (χ1n) is 8.81. The first kappa shape index (κ1) is 20.4. The predicted octanol–water partition coefficient (Wildman–Crippen LogP) is 1.10. The number of hydrogen-bond donors (Lipinski definition) is 2. The van der Waals surface area contributed by atoms with Crippen molar-refractivity contribution in [2.45, 2.75) is 13.1 Å². The van der Waals surface area contributed by atoms with Crippen molar-refractivity contribution in [3.8, 4) is 11.8 Å². The number of aromatic nitrogens is 2. The molecule has 0 atom stereocenters. The van der Waals surface area contributed by atoms with Crippen LogP contribution in [0.15, 0.2) is 60.7 Å². The molecule has 0 fully saturated rings. The predicted molar refractivity (Wildman–Crippen MR) is 99.9 cm³/mol. The van der Waals surface area contributed by atoms with E-state index in [9.17, 15) is 30.2 Å². The molecule has 0 bridgehead atoms. The number of nitrogens with zero attached hydrogens (tertiary/aromatic N) is 2. The lowest BCUT2D eigenvalue weighted by Gasteiger charge is -2.12. The largest absolute Gasteiger partial charge is 0.615 e. The molecule has 0 aliphatic carbocycles. The van der Waals surface area contributed by atoms with Gasteiger partial charge in [0.2, 0.25) is 0 Å². The van der Waals surface area contributed by atoms with E-state index in [1.165, 1.54) is 24.3 Å². The zero-order chi connectivity index (χ0) is 21.7. The van der Waals surface area contributed by atoms with E-state index in [2.05, 4.69) is 10.6 Å². The summed E-state index contributed by atoms with van der Waals surface area (Å²) < 4.78 is 0.00748. The minimum Gasteiger partial charge on any atom is -0.615 e. The summed E-state index contributed by atoms with van der Waals surface area (Å²) >= 11 is 0. The molecule has 152 valence electrons. The Morgan fingerprint density at radius 1 is 0.667 bits per heavy atom. The smallest absolute Gasteiger partial charge is 0.423 e. The molecule has 2 aromatic heterocycles. The standard InChI is InChI=1S/C20H16N4O6/c25-17-9-3-7-15(23(17)29)19(27)21-11-13-5-1-2-6-14(13)12-22-20(28)16-8-4-10-18(26)24(16)30/h1-10H,11-12H2,(H,21,27)(H,22,28). The molecule has 0 saturated heterocycles. The Hall–Kier alpha value is -4.34. The van der Waals surface area contributed by atoms with Crippen LogP contribution in [0.25, 0.3) is 0 Å². The SMILES string of the molecule is [O]c1cccc(C(=O)NCc2ccccc2CNC(=O)c2cccc([O])[n+]2[O-])[n+]1[O-]. The highest BCUT2D eigenvalue weighted by atomic mass is 16.5. The van der Waals surface area contributed by atoms with Gasteiger partial charge >= 0.3 is 23.6 Å². The first-order valence-corrected chi connectivity index (χ1v) is 8.81. The molecule has 0 unspecified atom stereocenters. The Kier molecular flexibility index (Phi) is 5.97. The van der Waals surface area contributed by atoms with Crippen LogP contribution in [0.5, 0.6) is 11.8 Å². The van der Waals surface area contributed by atoms with Crippen molar-refractivity contribution < 1.29 is 29.3 Å². The van der Waals surface area contributed by atoms with E-state index in [4.69, 9.17) is 0 Å². The van der Waals surface area contributed by atoms with E-state index in [1.807, 2.05) is 0 Å². The summed E-state index contributed by atoms with van der Waals surface area (Å²) in [5.41, 5.74) is 0.639. The van der Waals surface area contributed by atoms with Crippen molar-refractivity contribution >= 4 is 11.8 Å². The van der Waals surface area contributed by atoms with Gasteiger partial charge in [-0.1, -0.05) is 24.3 Å². The van der Waals surface area contributed by atoms with Crippen LogP contribution in [0.4, 0.5) is 0 Å². The number of amides is 2. The van der Waals surface area contributed by atoms with Gasteiger partial charge in [-0.15, -0.1) is 9.46 Å². The zero-order valence-corrected chi connectivity index (χ0v) is 15.5. The fourth-order valence-corrected chi connectivity index (χ4v) is 2.72. The molecule has 30 heavy (non-hydrogen) atoms. The van der Waals surface area contributed by atoms with Gasteiger partial charge in [-0.05, 0) is 23.3 Å². The number of benzene rings is 1. The topological polar surface area (TPSA) is 152 Å². The lowest BCUT2D eigenvalue weighted by atomic mass is 10.1. The summed E-state index contributed by atoms with van der Waals surface area (Å²) in [6.07, 6.45) is 0. The molecule has 1 aromatic carbocycles. The second-order valence-electron chi connectivity index (χ2n) is 6.22. The van der Waals surface area contributed by atoms with Gasteiger partial charge in [0, 0.05) is 25.2 Å². The highest BCUT2D eigenvalue weighted by Crippen LogP contribution is 2.10. The normalized spacial score (nSPS) is 10.4. The lowest BCUT2D eigenvalue weighted by molar-refractivity contribution is -0.619. The average Bonchev–Trinajstić information content (AvgIpc) is 2.74. The minimum atomic E-state index is -0.844. The molecule has 2 heterocycles. The van der Waals surface area contributed by atoms with Gasteiger partial charge in [0.05, 0.1) is 12.1 Å². The molecule has 3 aromatic rings. The molecule has 3 rings (SSSR count). The van der Waals surface area contributed by atoms with Crippen molar-refractivity contribution in [1.82, 2.24) is 10.6 Å². The Balaban J connectivity index is 1.67. The number of pyridine rings is 2. The third-order valence-electron chi connectivity index (χ3n) is 4.29. The summed E-state index contributed by atoms with van der Waals surface area (Å²) in [7, 11) is 0. The van der Waals surface area contributed by atoms with E-state index in [0.29, 0.717) is 11.1 Å². The maximum atomic E-state index is 12.2. The van der Waals surface area contributed by atoms with Crippen molar-refractivity contribution in [2.75, 3.05) is 0 Å². The maximum Gasteiger partial charge on any atom is 0.423 e. The van der Waals surface area contributed by atoms with Crippen LogP contribution >= 0.6 is 0 Å². The molecule has 2 amide bonds. The molecule has 0 aliphatic heterocycles. The Morgan fingerprint density at radius 3 is 1.47 bits per heavy atom. The number of carbonyl (C=O) groups is 2. The number of carbonyl (C=O) groups excluding carboxylic acids is 2. The van der Waals surface area contributed by atoms with Gasteiger partial charge in [-0.3, -0.25) is 9.59 Å². The average molecular weight is 408 g/mol. The third-order valence-corrected chi connectivity index (χ3v) is 4.29. The van der Waals surface area contributed by atoms with E-state index < -0.39 is 23.6 Å². The highest BCUT2D eigenvalue weighted by molar-refractivity contribution is 5.91. The first-order chi connectivity index (χ1) is 14.4. The second kappa shape index (κ2) is 8.78. The van der Waals surface area contributed by atoms with Crippen LogP contribution in [0.3, 0.4) is 0 Å². The second-order valence-corrected chi connectivity index (χ2v) is 6.22. The van der Waals surface area contributed by atoms with Gasteiger partial charge in [0.25, 0.3) is 11.4 Å². The summed E-state index contributed by atoms with van der Waals surface area (Å²) in [5.74, 6) is -3.13. The number of nitrogens with one attached hydrogen (secondary N) is 2. The fourth-order valence-electron chi connectivity index (χ4n) is 2.72. The molecule has 10 heteroatoms. The molecule has 0 saturated carbocycles. The van der Waals surface area contributed by atoms with Crippen molar-refractivity contribution in [2.24, 2.45) is 0 Å². The van der Waals surface area contributed by atoms with E-state index >= 15 is 0 Å². The number of hydrogen-bond acceptors (Lipinski definition) is 4. The van der Waals surface area contributed by atoms with Gasteiger partial charge in [-0.25, -0.2) is 10.2 Å². The van der Waals surface area contributed by atoms with Crippen LogP contribution in [0, 0.1) is 10.4 Å². The quantitative estimate of drug-likeness (QED) is 0.463. The molecule has 2 radical (unpaired) electrons. The molecule has 0 aliphatic rings. The highest BCUT2D eigenvalue weighted by Gasteiger charge is 2.21. The molecular weight excluding hydrogens is 392 g/mol. The summed E-state index contributed by atoms with van der Waals surface area (Å²) in [6.45, 7) is 0.0666. The molecular formula is C20H16N4O6. The molecule has 2 N–H and O–H groups in total.